The summed E-state index contributed by atoms with van der Waals surface area (Å²) in [6, 6.07) is 19.9. The molecule has 5 rings (SSSR count). The van der Waals surface area contributed by atoms with Gasteiger partial charge in [0.1, 0.15) is 0 Å². The number of nitrogens with zero attached hydrogens (tertiary/aromatic N) is 3. The molecule has 0 bridgehead atoms. The topological polar surface area (TPSA) is 79.8 Å². The van der Waals surface area contributed by atoms with Crippen molar-refractivity contribution in [3.63, 3.8) is 0 Å². The van der Waals surface area contributed by atoms with Gasteiger partial charge in [-0.3, -0.25) is 9.69 Å². The average Bonchev–Trinajstić information content (AvgIpc) is 3.60. The van der Waals surface area contributed by atoms with Gasteiger partial charge in [0, 0.05) is 25.3 Å². The lowest BCUT2D eigenvalue weighted by molar-refractivity contribution is 0.0917. The predicted molar refractivity (Wildman–Crippen MR) is 156 cm³/mol. The summed E-state index contributed by atoms with van der Waals surface area (Å²) in [7, 11) is -3.73. The molecule has 1 aromatic heterocycles. The zero-order valence-electron chi connectivity index (χ0n) is 22.5. The molecule has 39 heavy (non-hydrogen) atoms. The highest BCUT2D eigenvalue weighted by atomic mass is 32.2. The van der Waals surface area contributed by atoms with Gasteiger partial charge < -0.3 is 4.74 Å². The maximum atomic E-state index is 13.8. The third-order valence-corrected chi connectivity index (χ3v) is 10.2. The van der Waals surface area contributed by atoms with Crippen molar-refractivity contribution in [3.05, 3.63) is 89.0 Å². The summed E-state index contributed by atoms with van der Waals surface area (Å²) in [6.45, 7) is 7.62. The Kier molecular flexibility index (Phi) is 8.13. The minimum absolute atomic E-state index is 0.0560. The molecule has 7 nitrogen and oxygen atoms in total. The first-order valence-corrected chi connectivity index (χ1v) is 15.5. The molecule has 0 spiro atoms. The highest BCUT2D eigenvalue weighted by Gasteiger charge is 2.28. The van der Waals surface area contributed by atoms with Gasteiger partial charge in [0.15, 0.2) is 5.13 Å². The van der Waals surface area contributed by atoms with Crippen molar-refractivity contribution in [2.75, 3.05) is 24.6 Å². The van der Waals surface area contributed by atoms with Crippen molar-refractivity contribution < 1.29 is 17.9 Å². The fourth-order valence-electron chi connectivity index (χ4n) is 4.95. The second-order valence-electron chi connectivity index (χ2n) is 9.92. The number of carbonyl (C=O) groups is 1. The summed E-state index contributed by atoms with van der Waals surface area (Å²) < 4.78 is 35.1. The second kappa shape index (κ2) is 11.6. The molecule has 9 heteroatoms. The first-order chi connectivity index (χ1) is 18.8. The van der Waals surface area contributed by atoms with Crippen LogP contribution < -0.4 is 4.90 Å². The van der Waals surface area contributed by atoms with Crippen molar-refractivity contribution in [1.29, 1.82) is 0 Å². The summed E-state index contributed by atoms with van der Waals surface area (Å²) in [6.07, 6.45) is 1.80. The molecule has 1 saturated heterocycles. The van der Waals surface area contributed by atoms with Gasteiger partial charge in [0.25, 0.3) is 5.91 Å². The predicted octanol–water partition coefficient (Wildman–Crippen LogP) is 5.95. The highest BCUT2D eigenvalue weighted by molar-refractivity contribution is 7.89. The van der Waals surface area contributed by atoms with Gasteiger partial charge in [-0.15, -0.1) is 0 Å². The smallest absolute Gasteiger partial charge is 0.260 e. The van der Waals surface area contributed by atoms with Crippen LogP contribution in [0.3, 0.4) is 0 Å². The van der Waals surface area contributed by atoms with Crippen LogP contribution in [0.4, 0.5) is 5.13 Å². The molecule has 0 saturated carbocycles. The molecule has 3 aromatic carbocycles. The van der Waals surface area contributed by atoms with Crippen LogP contribution >= 0.6 is 11.3 Å². The maximum Gasteiger partial charge on any atom is 0.260 e. The van der Waals surface area contributed by atoms with E-state index in [1.165, 1.54) is 27.8 Å². The van der Waals surface area contributed by atoms with E-state index in [9.17, 15) is 13.2 Å². The van der Waals surface area contributed by atoms with Gasteiger partial charge in [-0.05, 0) is 73.7 Å². The molecule has 0 radical (unpaired) electrons. The summed E-state index contributed by atoms with van der Waals surface area (Å²) >= 11 is 1.50. The number of fused-ring (bicyclic) bond motifs is 1. The van der Waals surface area contributed by atoms with E-state index >= 15 is 0 Å². The number of thiazole rings is 1. The van der Waals surface area contributed by atoms with Gasteiger partial charge >= 0.3 is 0 Å². The third-order valence-electron chi connectivity index (χ3n) is 6.99. The van der Waals surface area contributed by atoms with Crippen LogP contribution in [0.5, 0.6) is 0 Å². The molecule has 1 atom stereocenters. The Morgan fingerprint density at radius 3 is 2.49 bits per heavy atom. The molecule has 1 aliphatic heterocycles. The fraction of sp³-hybridized carbons (Fsp3) is 0.333. The van der Waals surface area contributed by atoms with Gasteiger partial charge in [0.05, 0.1) is 27.8 Å². The van der Waals surface area contributed by atoms with E-state index in [2.05, 4.69) is 13.0 Å². The quantitative estimate of drug-likeness (QED) is 0.251. The molecule has 0 N–H and O–H groups in total. The Bertz CT molecular complexity index is 1560. The molecule has 204 valence electrons. The normalized spacial score (nSPS) is 15.7. The van der Waals surface area contributed by atoms with Crippen LogP contribution in [0.15, 0.2) is 71.6 Å². The molecule has 2 heterocycles. The van der Waals surface area contributed by atoms with Crippen LogP contribution in [0, 0.1) is 13.8 Å². The SMILES string of the molecule is CCN(Cc1ccccc1)S(=O)(=O)c1ccc(C(=O)N(CC2CCCO2)c2nc3cc(C)cc(C)c3s2)cc1. The van der Waals surface area contributed by atoms with E-state index in [1.807, 2.05) is 50.2 Å². The highest BCUT2D eigenvalue weighted by Crippen LogP contribution is 2.34. The Balaban J connectivity index is 1.43. The lowest BCUT2D eigenvalue weighted by Crippen LogP contribution is -2.37. The maximum absolute atomic E-state index is 13.8. The third kappa shape index (κ3) is 5.91. The van der Waals surface area contributed by atoms with Gasteiger partial charge in [-0.1, -0.05) is 54.7 Å². The number of benzene rings is 3. The fourth-order valence-corrected chi connectivity index (χ4v) is 7.41. The summed E-state index contributed by atoms with van der Waals surface area (Å²) in [5.74, 6) is -0.223. The number of aryl methyl sites for hydroxylation is 2. The van der Waals surface area contributed by atoms with Gasteiger partial charge in [-0.2, -0.15) is 4.31 Å². The number of carbonyl (C=O) groups excluding carboxylic acids is 1. The zero-order valence-corrected chi connectivity index (χ0v) is 24.1. The Morgan fingerprint density at radius 1 is 1.08 bits per heavy atom. The van der Waals surface area contributed by atoms with Crippen LogP contribution in [-0.4, -0.2) is 49.4 Å². The molecule has 1 amide bonds. The van der Waals surface area contributed by atoms with Crippen molar-refractivity contribution >= 4 is 42.6 Å². The summed E-state index contributed by atoms with van der Waals surface area (Å²) in [5, 5.41) is 0.621. The molecule has 1 unspecified atom stereocenters. The van der Waals surface area contributed by atoms with Crippen molar-refractivity contribution in [2.24, 2.45) is 0 Å². The van der Waals surface area contributed by atoms with Crippen LogP contribution in [-0.2, 0) is 21.3 Å². The number of hydrogen-bond acceptors (Lipinski definition) is 6. The first-order valence-electron chi connectivity index (χ1n) is 13.2. The Labute approximate surface area is 234 Å². The zero-order chi connectivity index (χ0) is 27.6. The number of anilines is 1. The van der Waals surface area contributed by atoms with E-state index in [-0.39, 0.29) is 23.5 Å². The van der Waals surface area contributed by atoms with Crippen LogP contribution in [0.1, 0.15) is 46.8 Å². The standard InChI is InChI=1S/C30H33N3O4S2/c1-4-32(19-23-9-6-5-7-10-23)39(35,36)26-14-12-24(13-15-26)29(34)33(20-25-11-8-16-37-25)30-31-27-18-21(2)17-22(3)28(27)38-30/h5-7,9-10,12-15,17-18,25H,4,8,11,16,19-20H2,1-3H3. The molecular weight excluding hydrogens is 530 g/mol. The van der Waals surface area contributed by atoms with Crippen LogP contribution in [0.2, 0.25) is 0 Å². The molecule has 0 aliphatic carbocycles. The van der Waals surface area contributed by atoms with Crippen molar-refractivity contribution in [3.8, 4) is 0 Å². The van der Waals surface area contributed by atoms with Crippen molar-refractivity contribution in [1.82, 2.24) is 9.29 Å². The number of amides is 1. The van der Waals surface area contributed by atoms with E-state index in [1.54, 1.807) is 17.0 Å². The lowest BCUT2D eigenvalue weighted by Gasteiger charge is -2.23. The Morgan fingerprint density at radius 2 is 1.82 bits per heavy atom. The minimum Gasteiger partial charge on any atom is -0.376 e. The lowest BCUT2D eigenvalue weighted by atomic mass is 10.1. The second-order valence-corrected chi connectivity index (χ2v) is 12.8. The van der Waals surface area contributed by atoms with Gasteiger partial charge in [-0.25, -0.2) is 13.4 Å². The van der Waals surface area contributed by atoms with E-state index in [0.29, 0.717) is 30.4 Å². The number of hydrogen-bond donors (Lipinski definition) is 0. The number of rotatable bonds is 9. The van der Waals surface area contributed by atoms with E-state index in [0.717, 1.165) is 39.7 Å². The first kappa shape index (κ1) is 27.5. The molecule has 4 aromatic rings. The van der Waals surface area contributed by atoms with E-state index in [4.69, 9.17) is 9.72 Å². The van der Waals surface area contributed by atoms with Crippen LogP contribution in [0.25, 0.3) is 10.2 Å². The monoisotopic (exact) mass is 563 g/mol. The molecular formula is C30H33N3O4S2. The summed E-state index contributed by atoms with van der Waals surface area (Å²) in [5.41, 5.74) is 4.45. The van der Waals surface area contributed by atoms with Crippen molar-refractivity contribution in [2.45, 2.75) is 51.2 Å². The minimum atomic E-state index is -3.73. The number of aromatic nitrogens is 1. The number of ether oxygens (including phenoxy) is 1. The average molecular weight is 564 g/mol. The Hall–Kier alpha value is -3.11. The summed E-state index contributed by atoms with van der Waals surface area (Å²) in [4.78, 5) is 20.5. The van der Waals surface area contributed by atoms with Gasteiger partial charge in [0.2, 0.25) is 10.0 Å². The van der Waals surface area contributed by atoms with E-state index < -0.39 is 10.0 Å². The number of sulfonamides is 1. The molecule has 1 aliphatic rings. The largest absolute Gasteiger partial charge is 0.376 e. The molecule has 1 fully saturated rings.